The van der Waals surface area contributed by atoms with Gasteiger partial charge in [-0.2, -0.15) is 0 Å². The van der Waals surface area contributed by atoms with Gasteiger partial charge in [-0.3, -0.25) is 9.59 Å². The van der Waals surface area contributed by atoms with Crippen molar-refractivity contribution in [2.45, 2.75) is 43.7 Å². The number of sulfonamides is 1. The fourth-order valence-corrected chi connectivity index (χ4v) is 5.40. The van der Waals surface area contributed by atoms with Crippen molar-refractivity contribution in [1.82, 2.24) is 15.4 Å². The first kappa shape index (κ1) is 27.9. The van der Waals surface area contributed by atoms with Gasteiger partial charge in [-0.1, -0.05) is 44.2 Å². The van der Waals surface area contributed by atoms with Crippen molar-refractivity contribution >= 4 is 21.7 Å². The van der Waals surface area contributed by atoms with Gasteiger partial charge in [-0.15, -0.1) is 0 Å². The maximum absolute atomic E-state index is 13.7. The summed E-state index contributed by atoms with van der Waals surface area (Å²) >= 11 is 0. The second-order valence-corrected chi connectivity index (χ2v) is 11.0. The molecule has 0 aromatic heterocycles. The van der Waals surface area contributed by atoms with Crippen LogP contribution in [0, 0.1) is 5.92 Å². The Kier molecular flexibility index (Phi) is 10.1. The van der Waals surface area contributed by atoms with E-state index < -0.39 is 22.2 Å². The summed E-state index contributed by atoms with van der Waals surface area (Å²) in [6, 6.07) is 13.2. The summed E-state index contributed by atoms with van der Waals surface area (Å²) in [5.74, 6) is -0.488. The van der Waals surface area contributed by atoms with Crippen LogP contribution in [0.1, 0.15) is 35.3 Å². The molecule has 0 aliphatic carbocycles. The van der Waals surface area contributed by atoms with Crippen molar-refractivity contribution < 1.29 is 22.7 Å². The van der Waals surface area contributed by atoms with Crippen LogP contribution in [0.2, 0.25) is 0 Å². The Morgan fingerprint density at radius 1 is 1.14 bits per heavy atom. The number of Topliss-reactive ketones (excluding diaryl/α,β-unsaturated/α-hetero) is 1. The van der Waals surface area contributed by atoms with Crippen molar-refractivity contribution in [2.75, 3.05) is 32.8 Å². The van der Waals surface area contributed by atoms with Crippen LogP contribution in [0.5, 0.6) is 0 Å². The Balaban J connectivity index is 1.92. The SMILES string of the molecule is CC(C)Cc1cc(C(=O)C(Cc2ccccc2)NC(=O)C2CNCCO2)ccc1S(=O)(=O)NCCN. The van der Waals surface area contributed by atoms with Crippen LogP contribution >= 0.6 is 0 Å². The Labute approximate surface area is 213 Å². The first-order valence-corrected chi connectivity index (χ1v) is 13.7. The Morgan fingerprint density at radius 2 is 1.89 bits per heavy atom. The number of nitrogens with two attached hydrogens (primary N) is 1. The molecule has 2 aromatic rings. The minimum absolute atomic E-state index is 0.118. The average molecular weight is 517 g/mol. The number of nitrogens with one attached hydrogen (secondary N) is 3. The lowest BCUT2D eigenvalue weighted by Gasteiger charge is -2.26. The second kappa shape index (κ2) is 13.1. The van der Waals surface area contributed by atoms with E-state index >= 15 is 0 Å². The standard InChI is InChI=1S/C26H36N4O5S/c1-18(2)14-21-16-20(8-9-24(21)36(33,34)29-11-10-27)25(31)22(15-19-6-4-3-5-7-19)30-26(32)23-17-28-12-13-35-23/h3-9,16,18,22-23,28-29H,10-15,17,27H2,1-2H3,(H,30,32). The molecule has 0 radical (unpaired) electrons. The zero-order chi connectivity index (χ0) is 26.1. The van der Waals surface area contributed by atoms with Crippen LogP contribution in [-0.2, 0) is 32.4 Å². The molecule has 2 aromatic carbocycles. The van der Waals surface area contributed by atoms with Gasteiger partial charge in [0.25, 0.3) is 5.91 Å². The summed E-state index contributed by atoms with van der Waals surface area (Å²) in [7, 11) is -3.78. The number of ether oxygens (including phenoxy) is 1. The fraction of sp³-hybridized carbons (Fsp3) is 0.462. The number of hydrogen-bond acceptors (Lipinski definition) is 7. The number of carbonyl (C=O) groups is 2. The number of rotatable bonds is 12. The number of amides is 1. The highest BCUT2D eigenvalue weighted by molar-refractivity contribution is 7.89. The van der Waals surface area contributed by atoms with Gasteiger partial charge >= 0.3 is 0 Å². The van der Waals surface area contributed by atoms with E-state index in [9.17, 15) is 18.0 Å². The van der Waals surface area contributed by atoms with Gasteiger partial charge in [0.2, 0.25) is 10.0 Å². The molecule has 1 fully saturated rings. The quantitative estimate of drug-likeness (QED) is 0.309. The molecule has 2 atom stereocenters. The minimum Gasteiger partial charge on any atom is -0.366 e. The zero-order valence-corrected chi connectivity index (χ0v) is 21.6. The molecule has 2 unspecified atom stereocenters. The van der Waals surface area contributed by atoms with Gasteiger partial charge in [0, 0.05) is 38.2 Å². The summed E-state index contributed by atoms with van der Waals surface area (Å²) in [6.45, 7) is 5.72. The average Bonchev–Trinajstić information content (AvgIpc) is 2.87. The molecular weight excluding hydrogens is 480 g/mol. The summed E-state index contributed by atoms with van der Waals surface area (Å²) < 4.78 is 33.7. The first-order valence-electron chi connectivity index (χ1n) is 12.2. The summed E-state index contributed by atoms with van der Waals surface area (Å²) in [5.41, 5.74) is 7.25. The van der Waals surface area contributed by atoms with E-state index in [-0.39, 0.29) is 35.6 Å². The zero-order valence-electron chi connectivity index (χ0n) is 20.8. The van der Waals surface area contributed by atoms with Crippen LogP contribution < -0.4 is 21.1 Å². The Hall–Kier alpha value is -2.63. The van der Waals surface area contributed by atoms with E-state index in [0.29, 0.717) is 43.7 Å². The predicted octanol–water partition coefficient (Wildman–Crippen LogP) is 1.02. The lowest BCUT2D eigenvalue weighted by atomic mass is 9.94. The highest BCUT2D eigenvalue weighted by Gasteiger charge is 2.29. The van der Waals surface area contributed by atoms with E-state index in [4.69, 9.17) is 10.5 Å². The third-order valence-corrected chi connectivity index (χ3v) is 7.40. The maximum atomic E-state index is 13.7. The molecule has 196 valence electrons. The number of hydrogen-bond donors (Lipinski definition) is 4. The van der Waals surface area contributed by atoms with Crippen molar-refractivity contribution in [1.29, 1.82) is 0 Å². The monoisotopic (exact) mass is 516 g/mol. The topological polar surface area (TPSA) is 140 Å². The van der Waals surface area contributed by atoms with Crippen LogP contribution in [-0.4, -0.2) is 65.0 Å². The van der Waals surface area contributed by atoms with E-state index in [1.54, 1.807) is 6.07 Å². The number of carbonyl (C=O) groups excluding carboxylic acids is 2. The lowest BCUT2D eigenvalue weighted by Crippen LogP contribution is -2.52. The minimum atomic E-state index is -3.78. The molecule has 0 bridgehead atoms. The molecule has 3 rings (SSSR count). The predicted molar refractivity (Wildman–Crippen MR) is 138 cm³/mol. The molecule has 36 heavy (non-hydrogen) atoms. The molecule has 1 aliphatic heterocycles. The second-order valence-electron chi connectivity index (χ2n) is 9.29. The third-order valence-electron chi connectivity index (χ3n) is 5.83. The third kappa shape index (κ3) is 7.68. The molecule has 9 nitrogen and oxygen atoms in total. The fourth-order valence-electron chi connectivity index (χ4n) is 4.12. The van der Waals surface area contributed by atoms with Gasteiger partial charge in [0.05, 0.1) is 17.5 Å². The molecule has 1 aliphatic rings. The molecule has 1 amide bonds. The largest absolute Gasteiger partial charge is 0.366 e. The molecule has 5 N–H and O–H groups in total. The number of benzene rings is 2. The molecule has 0 spiro atoms. The van der Waals surface area contributed by atoms with E-state index in [1.807, 2.05) is 44.2 Å². The van der Waals surface area contributed by atoms with E-state index in [2.05, 4.69) is 15.4 Å². The van der Waals surface area contributed by atoms with Crippen molar-refractivity contribution in [3.05, 3.63) is 65.2 Å². The molecule has 1 saturated heterocycles. The van der Waals surface area contributed by atoms with Gasteiger partial charge in [-0.25, -0.2) is 13.1 Å². The molecule has 10 heteroatoms. The highest BCUT2D eigenvalue weighted by atomic mass is 32.2. The van der Waals surface area contributed by atoms with E-state index in [1.165, 1.54) is 12.1 Å². The van der Waals surface area contributed by atoms with Gasteiger partial charge in [-0.05, 0) is 41.7 Å². The van der Waals surface area contributed by atoms with Gasteiger partial charge < -0.3 is 21.1 Å². The first-order chi connectivity index (χ1) is 17.2. The Bertz CT molecular complexity index is 1130. The maximum Gasteiger partial charge on any atom is 0.251 e. The number of ketones is 1. The summed E-state index contributed by atoms with van der Waals surface area (Å²) in [4.78, 5) is 26.7. The van der Waals surface area contributed by atoms with Crippen LogP contribution in [0.3, 0.4) is 0 Å². The van der Waals surface area contributed by atoms with Crippen molar-refractivity contribution in [3.63, 3.8) is 0 Å². The molecular formula is C26H36N4O5S. The van der Waals surface area contributed by atoms with Crippen LogP contribution in [0.25, 0.3) is 0 Å². The smallest absolute Gasteiger partial charge is 0.251 e. The highest BCUT2D eigenvalue weighted by Crippen LogP contribution is 2.22. The van der Waals surface area contributed by atoms with Crippen molar-refractivity contribution in [2.24, 2.45) is 11.7 Å². The lowest BCUT2D eigenvalue weighted by molar-refractivity contribution is -0.134. The summed E-state index contributed by atoms with van der Waals surface area (Å²) in [6.07, 6.45) is 0.0861. The van der Waals surface area contributed by atoms with Gasteiger partial charge in [0.15, 0.2) is 5.78 Å². The van der Waals surface area contributed by atoms with Crippen LogP contribution in [0.15, 0.2) is 53.4 Å². The normalized spacial score (nSPS) is 17.1. The van der Waals surface area contributed by atoms with Gasteiger partial charge in [0.1, 0.15) is 6.10 Å². The summed E-state index contributed by atoms with van der Waals surface area (Å²) in [5, 5.41) is 5.99. The van der Waals surface area contributed by atoms with Crippen LogP contribution in [0.4, 0.5) is 0 Å². The Morgan fingerprint density at radius 3 is 2.53 bits per heavy atom. The number of morpholine rings is 1. The van der Waals surface area contributed by atoms with Crippen molar-refractivity contribution in [3.8, 4) is 0 Å². The van der Waals surface area contributed by atoms with E-state index in [0.717, 1.165) is 5.56 Å². The molecule has 1 heterocycles. The molecule has 0 saturated carbocycles.